The van der Waals surface area contributed by atoms with E-state index in [9.17, 15) is 4.79 Å². The monoisotopic (exact) mass is 319 g/mol. The fourth-order valence-corrected chi connectivity index (χ4v) is 2.91. The molecular formula is C18H17N5O. The molecule has 2 N–H and O–H groups in total. The van der Waals surface area contributed by atoms with Gasteiger partial charge in [-0.3, -0.25) is 4.79 Å². The highest BCUT2D eigenvalue weighted by atomic mass is 16.1. The van der Waals surface area contributed by atoms with Gasteiger partial charge in [0, 0.05) is 36.0 Å². The molecule has 0 unspecified atom stereocenters. The van der Waals surface area contributed by atoms with Crippen molar-refractivity contribution in [2.75, 3.05) is 10.6 Å². The van der Waals surface area contributed by atoms with Crippen LogP contribution in [0.1, 0.15) is 13.3 Å². The minimum absolute atomic E-state index is 0.0232. The van der Waals surface area contributed by atoms with Crippen LogP contribution in [0.4, 0.5) is 11.4 Å². The summed E-state index contributed by atoms with van der Waals surface area (Å²) >= 11 is 0. The van der Waals surface area contributed by atoms with Gasteiger partial charge in [0.15, 0.2) is 5.82 Å². The van der Waals surface area contributed by atoms with Crippen LogP contribution < -0.4 is 10.6 Å². The number of amides is 1. The van der Waals surface area contributed by atoms with Crippen molar-refractivity contribution >= 4 is 17.3 Å². The van der Waals surface area contributed by atoms with E-state index in [4.69, 9.17) is 0 Å². The average molecular weight is 319 g/mol. The first-order valence-corrected chi connectivity index (χ1v) is 7.86. The Bertz CT molecular complexity index is 887. The van der Waals surface area contributed by atoms with Gasteiger partial charge in [-0.05, 0) is 25.1 Å². The normalized spacial score (nSPS) is 16.7. The Balaban J connectivity index is 1.77. The topological polar surface area (TPSA) is 71.8 Å². The number of nitrogens with one attached hydrogen (secondary N) is 2. The minimum Gasteiger partial charge on any atom is -0.380 e. The van der Waals surface area contributed by atoms with Gasteiger partial charge in [-0.25, -0.2) is 9.67 Å². The lowest BCUT2D eigenvalue weighted by Crippen LogP contribution is -2.19. The van der Waals surface area contributed by atoms with E-state index >= 15 is 0 Å². The molecule has 6 nitrogen and oxygen atoms in total. The van der Waals surface area contributed by atoms with Gasteiger partial charge < -0.3 is 10.6 Å². The zero-order chi connectivity index (χ0) is 16.5. The molecule has 0 aliphatic carbocycles. The summed E-state index contributed by atoms with van der Waals surface area (Å²) in [6.07, 6.45) is 5.94. The number of aromatic nitrogens is 3. The molecule has 3 heterocycles. The number of carbonyl (C=O) groups excluding carboxylic acids is 1. The summed E-state index contributed by atoms with van der Waals surface area (Å²) in [5.74, 6) is 0.787. The van der Waals surface area contributed by atoms with Crippen molar-refractivity contribution in [1.82, 2.24) is 14.8 Å². The summed E-state index contributed by atoms with van der Waals surface area (Å²) in [6.45, 7) is 2.00. The molecule has 1 amide bonds. The Morgan fingerprint density at radius 1 is 1.21 bits per heavy atom. The van der Waals surface area contributed by atoms with E-state index in [-0.39, 0.29) is 11.9 Å². The number of fused-ring (bicyclic) bond motifs is 1. The molecule has 1 aliphatic rings. The fraction of sp³-hybridized carbons (Fsp3) is 0.167. The summed E-state index contributed by atoms with van der Waals surface area (Å²) in [7, 11) is 0. The van der Waals surface area contributed by atoms with Crippen molar-refractivity contribution in [3.05, 3.63) is 55.0 Å². The third-order valence-electron chi connectivity index (χ3n) is 4.00. The first kappa shape index (κ1) is 14.4. The van der Waals surface area contributed by atoms with Crippen molar-refractivity contribution in [2.45, 2.75) is 19.4 Å². The van der Waals surface area contributed by atoms with Crippen molar-refractivity contribution in [3.8, 4) is 16.9 Å². The Morgan fingerprint density at radius 3 is 2.96 bits per heavy atom. The first-order chi connectivity index (χ1) is 11.7. The summed E-state index contributed by atoms with van der Waals surface area (Å²) in [5, 5.41) is 10.8. The molecule has 1 aromatic carbocycles. The first-order valence-electron chi connectivity index (χ1n) is 7.86. The van der Waals surface area contributed by atoms with E-state index in [1.54, 1.807) is 10.9 Å². The van der Waals surface area contributed by atoms with Crippen molar-refractivity contribution < 1.29 is 4.79 Å². The van der Waals surface area contributed by atoms with Gasteiger partial charge in [0.2, 0.25) is 5.91 Å². The second-order valence-corrected chi connectivity index (χ2v) is 5.89. The second-order valence-electron chi connectivity index (χ2n) is 5.89. The summed E-state index contributed by atoms with van der Waals surface area (Å²) < 4.78 is 1.74. The summed E-state index contributed by atoms with van der Waals surface area (Å²) in [5.41, 5.74) is 3.70. The van der Waals surface area contributed by atoms with E-state index in [0.29, 0.717) is 6.42 Å². The molecule has 0 saturated heterocycles. The van der Waals surface area contributed by atoms with Gasteiger partial charge >= 0.3 is 0 Å². The number of hydrogen-bond acceptors (Lipinski definition) is 4. The maximum atomic E-state index is 11.9. The highest BCUT2D eigenvalue weighted by Gasteiger charge is 2.20. The van der Waals surface area contributed by atoms with E-state index in [2.05, 4.69) is 20.7 Å². The van der Waals surface area contributed by atoms with Crippen LogP contribution in [-0.2, 0) is 4.79 Å². The lowest BCUT2D eigenvalue weighted by Gasteiger charge is -2.15. The molecule has 2 aromatic heterocycles. The molecular weight excluding hydrogens is 302 g/mol. The molecule has 0 radical (unpaired) electrons. The molecule has 3 aromatic rings. The van der Waals surface area contributed by atoms with Crippen molar-refractivity contribution in [3.63, 3.8) is 0 Å². The second kappa shape index (κ2) is 5.81. The number of carbonyl (C=O) groups is 1. The Kier molecular flexibility index (Phi) is 3.49. The SMILES string of the molecule is C[C@@H]1CC(=O)Nc2cccc(-c3cnn(-c4ccccn4)c3)c2N1. The highest BCUT2D eigenvalue weighted by molar-refractivity contribution is 6.00. The average Bonchev–Trinajstić information content (AvgIpc) is 3.01. The van der Waals surface area contributed by atoms with Crippen LogP contribution in [-0.4, -0.2) is 26.7 Å². The van der Waals surface area contributed by atoms with E-state index < -0.39 is 0 Å². The maximum Gasteiger partial charge on any atom is 0.226 e. The Morgan fingerprint density at radius 2 is 2.12 bits per heavy atom. The molecule has 0 spiro atoms. The zero-order valence-electron chi connectivity index (χ0n) is 13.2. The minimum atomic E-state index is 0.0232. The molecule has 6 heteroatoms. The van der Waals surface area contributed by atoms with Crippen LogP contribution in [0.15, 0.2) is 55.0 Å². The van der Waals surface area contributed by atoms with Gasteiger partial charge in [-0.2, -0.15) is 5.10 Å². The van der Waals surface area contributed by atoms with Crippen LogP contribution in [0.3, 0.4) is 0 Å². The fourth-order valence-electron chi connectivity index (χ4n) is 2.91. The van der Waals surface area contributed by atoms with Crippen molar-refractivity contribution in [1.29, 1.82) is 0 Å². The molecule has 1 atom stereocenters. The molecule has 0 fully saturated rings. The van der Waals surface area contributed by atoms with Gasteiger partial charge in [-0.15, -0.1) is 0 Å². The number of pyridine rings is 1. The van der Waals surface area contributed by atoms with Crippen molar-refractivity contribution in [2.24, 2.45) is 0 Å². The Hall–Kier alpha value is -3.15. The van der Waals surface area contributed by atoms with E-state index in [1.165, 1.54) is 0 Å². The van der Waals surface area contributed by atoms with Gasteiger partial charge in [-0.1, -0.05) is 18.2 Å². The number of nitrogens with zero attached hydrogens (tertiary/aromatic N) is 3. The molecule has 1 aliphatic heterocycles. The lowest BCUT2D eigenvalue weighted by atomic mass is 10.1. The zero-order valence-corrected chi connectivity index (χ0v) is 13.2. The van der Waals surface area contributed by atoms with Gasteiger partial charge in [0.05, 0.1) is 17.6 Å². The van der Waals surface area contributed by atoms with Crippen LogP contribution in [0, 0.1) is 0 Å². The number of para-hydroxylation sites is 1. The quantitative estimate of drug-likeness (QED) is 0.761. The molecule has 0 bridgehead atoms. The third-order valence-corrected chi connectivity index (χ3v) is 4.00. The number of anilines is 2. The van der Waals surface area contributed by atoms with Crippen LogP contribution >= 0.6 is 0 Å². The highest BCUT2D eigenvalue weighted by Crippen LogP contribution is 2.36. The summed E-state index contributed by atoms with van der Waals surface area (Å²) in [6, 6.07) is 11.6. The van der Waals surface area contributed by atoms with Crippen LogP contribution in [0.25, 0.3) is 16.9 Å². The lowest BCUT2D eigenvalue weighted by molar-refractivity contribution is -0.116. The molecule has 4 rings (SSSR count). The molecule has 24 heavy (non-hydrogen) atoms. The van der Waals surface area contributed by atoms with Crippen LogP contribution in [0.5, 0.6) is 0 Å². The predicted molar refractivity (Wildman–Crippen MR) is 93.1 cm³/mol. The molecule has 120 valence electrons. The predicted octanol–water partition coefficient (Wildman–Crippen LogP) is 3.08. The van der Waals surface area contributed by atoms with Gasteiger partial charge in [0.25, 0.3) is 0 Å². The van der Waals surface area contributed by atoms with Gasteiger partial charge in [0.1, 0.15) is 0 Å². The van der Waals surface area contributed by atoms with E-state index in [0.717, 1.165) is 28.3 Å². The summed E-state index contributed by atoms with van der Waals surface area (Å²) in [4.78, 5) is 16.2. The smallest absolute Gasteiger partial charge is 0.226 e. The number of rotatable bonds is 2. The van der Waals surface area contributed by atoms with E-state index in [1.807, 2.05) is 55.7 Å². The largest absolute Gasteiger partial charge is 0.380 e. The van der Waals surface area contributed by atoms with Crippen LogP contribution in [0.2, 0.25) is 0 Å². The maximum absolute atomic E-state index is 11.9. The Labute approximate surface area is 139 Å². The standard InChI is InChI=1S/C18H17N5O/c1-12-9-17(24)22-15-6-4-5-14(18(15)21-12)13-10-20-23(11-13)16-7-2-3-8-19-16/h2-8,10-12,21H,9H2,1H3,(H,22,24)/t12-/m1/s1. The third kappa shape index (κ3) is 2.62. The number of benzene rings is 1. The number of hydrogen-bond donors (Lipinski definition) is 2. The molecule has 0 saturated carbocycles.